The van der Waals surface area contributed by atoms with Crippen molar-refractivity contribution in [1.82, 2.24) is 33.2 Å². The van der Waals surface area contributed by atoms with Gasteiger partial charge in [0.2, 0.25) is 5.95 Å². The van der Waals surface area contributed by atoms with E-state index in [1.165, 1.54) is 0 Å². The van der Waals surface area contributed by atoms with Crippen molar-refractivity contribution in [2.45, 2.75) is 52.4 Å². The van der Waals surface area contributed by atoms with Crippen LogP contribution in [-0.4, -0.2) is 33.2 Å². The molecule has 94 heavy (non-hydrogen) atoms. The number of para-hydroxylation sites is 8. The maximum atomic E-state index is 9.40. The van der Waals surface area contributed by atoms with Gasteiger partial charge >= 0.3 is 0 Å². The van der Waals surface area contributed by atoms with Crippen LogP contribution in [0.25, 0.3) is 128 Å². The van der Waals surface area contributed by atoms with Gasteiger partial charge in [-0.25, -0.2) is 4.98 Å². The minimum Gasteiger partial charge on any atom is -0.328 e. The number of anilines is 3. The largest absolute Gasteiger partial charge is 0.328 e. The molecule has 17 aromatic rings. The second-order valence-corrected chi connectivity index (χ2v) is 25.4. The van der Waals surface area contributed by atoms with Crippen LogP contribution in [0.4, 0.5) is 17.3 Å². The van der Waals surface area contributed by atoms with E-state index in [1.807, 2.05) is 88.5 Å². The Morgan fingerprint density at radius 2 is 0.904 bits per heavy atom. The third kappa shape index (κ3) is 9.63. The van der Waals surface area contributed by atoms with Gasteiger partial charge in [-0.1, -0.05) is 252 Å². The van der Waals surface area contributed by atoms with Crippen molar-refractivity contribution < 1.29 is 39.3 Å². The number of rotatable bonds is 10. The molecule has 0 fully saturated rings. The summed E-state index contributed by atoms with van der Waals surface area (Å²) in [5.74, 6) is 2.14. The van der Waals surface area contributed by atoms with Gasteiger partial charge in [-0.2, -0.15) is 33.7 Å². The minimum atomic E-state index is -0.591. The molecule has 0 atom stereocenters. The molecule has 0 bridgehead atoms. The molecule has 11 aromatic carbocycles. The minimum absolute atomic E-state index is 0. The van der Waals surface area contributed by atoms with Crippen molar-refractivity contribution in [3.05, 3.63) is 302 Å². The zero-order valence-electron chi connectivity index (χ0n) is 62.0. The molecule has 0 saturated heterocycles. The van der Waals surface area contributed by atoms with Gasteiger partial charge in [0.15, 0.2) is 0 Å². The number of benzene rings is 11. The zero-order valence-corrected chi connectivity index (χ0v) is 54.3. The molecule has 0 aliphatic heterocycles. The Hall–Kier alpha value is -11.0. The van der Waals surface area contributed by atoms with Crippen LogP contribution in [0.1, 0.15) is 66.4 Å². The summed E-state index contributed by atoms with van der Waals surface area (Å²) in [5.41, 5.74) is 9.25. The van der Waals surface area contributed by atoms with Gasteiger partial charge in [-0.3, -0.25) is 13.7 Å². The van der Waals surface area contributed by atoms with Gasteiger partial charge in [0.05, 0.1) is 52.5 Å². The average molecular weight is 1400 g/mol. The Morgan fingerprint density at radius 1 is 0.426 bits per heavy atom. The van der Waals surface area contributed by atoms with Crippen LogP contribution >= 0.6 is 0 Å². The van der Waals surface area contributed by atoms with Crippen LogP contribution in [0.15, 0.2) is 273 Å². The molecular weight excluding hydrogens is 1330 g/mol. The normalized spacial score (nSPS) is 13.6. The Bertz CT molecular complexity index is 6070. The maximum Gasteiger partial charge on any atom is 0.268 e. The Kier molecular flexibility index (Phi) is 11.6. The first-order valence-corrected chi connectivity index (χ1v) is 31.0. The predicted molar refractivity (Wildman–Crippen MR) is 381 cm³/mol. The summed E-state index contributed by atoms with van der Waals surface area (Å²) in [7, 11) is 0. The van der Waals surface area contributed by atoms with Crippen LogP contribution < -0.4 is 9.47 Å². The molecule has 0 unspecified atom stereocenters. The molecule has 9 nitrogen and oxygen atoms in total. The summed E-state index contributed by atoms with van der Waals surface area (Å²) in [6, 6.07) is 71.0. The SMILES string of the molecule is [2H]c1c([2H])c([2H])c(-c2cccc(-c3c([2H])c([2H])c([2H])c([2H])c3[2H])c2-[n+]2[c-]n(-c3[c-]c(N(c4[c-]c5c(cc4)c4ccccc4n5-c4cc(C(C)(C)C)ccn4)c4nc(-n5c6ccccc6c6ccccc65)cc(-n5c6ccccc6c6ccccc65)n4)cc(C(C)(C)C)c3)c3ccccc32)c([2H])c1[2H].[Pt]. The molecule has 0 saturated carbocycles. The third-order valence-electron chi connectivity index (χ3n) is 17.7. The summed E-state index contributed by atoms with van der Waals surface area (Å²) in [5, 5.41) is 6.12. The molecule has 0 N–H and O–H groups in total. The molecular formula is C84H63N9Pt-2. The van der Waals surface area contributed by atoms with Gasteiger partial charge in [0.25, 0.3) is 6.33 Å². The van der Waals surface area contributed by atoms with Crippen LogP contribution in [0.5, 0.6) is 0 Å². The monoisotopic (exact) mass is 1400 g/mol. The fraction of sp³-hybridized carbons (Fsp3) is 0.0952. The van der Waals surface area contributed by atoms with E-state index in [0.29, 0.717) is 45.5 Å². The van der Waals surface area contributed by atoms with E-state index in [-0.39, 0.29) is 60.4 Å². The summed E-state index contributed by atoms with van der Waals surface area (Å²) in [4.78, 5) is 18.7. The fourth-order valence-corrected chi connectivity index (χ4v) is 13.3. The first-order chi connectivity index (χ1) is 49.5. The summed E-state index contributed by atoms with van der Waals surface area (Å²) >= 11 is 0. The molecule has 456 valence electrons. The molecule has 10 heteroatoms. The number of imidazole rings is 1. The Balaban J connectivity index is 0.00000833. The van der Waals surface area contributed by atoms with Crippen molar-refractivity contribution in [3.8, 4) is 51.1 Å². The summed E-state index contributed by atoms with van der Waals surface area (Å²) < 4.78 is 101. The first-order valence-electron chi connectivity index (χ1n) is 36.0. The maximum absolute atomic E-state index is 9.40. The van der Waals surface area contributed by atoms with Crippen molar-refractivity contribution >= 4 is 93.8 Å². The van der Waals surface area contributed by atoms with Gasteiger partial charge in [0, 0.05) is 60.4 Å². The van der Waals surface area contributed by atoms with Crippen LogP contribution in [0.2, 0.25) is 0 Å². The van der Waals surface area contributed by atoms with Crippen molar-refractivity contribution in [3.63, 3.8) is 0 Å². The molecule has 0 aliphatic carbocycles. The van der Waals surface area contributed by atoms with E-state index in [0.717, 1.165) is 76.5 Å². The molecule has 0 aliphatic rings. The number of pyridine rings is 1. The van der Waals surface area contributed by atoms with Crippen molar-refractivity contribution in [1.29, 1.82) is 0 Å². The number of hydrogen-bond donors (Lipinski definition) is 0. The van der Waals surface area contributed by atoms with Crippen LogP contribution in [0.3, 0.4) is 0 Å². The standard InChI is InChI=1S/C84H63N9.Pt/c1-83(2,3)57-46-47-85-78(50-57)93-74-41-22-17-34-68(74)69-45-44-59(52-77(69)93)90(82-86-79(91-70-37-18-13-30-64(70)65-31-14-19-38-71(65)91)53-80(87-82)92-72-39-20-15-32-66(72)67-33-16-21-40-73(67)92)61-49-58(84(4,5)6)48-60(51-61)88-54-89(76-43-24-23-42-75(76)88)81-62(55-26-9-7-10-27-55)35-25-36-63(81)56-28-11-8-12-29-56;/h7-50,53H,1-6H3;/q-2;/i7D,8D,9D,10D,11D,12D,26D,27D,28D,29D;. The van der Waals surface area contributed by atoms with E-state index in [2.05, 4.69) is 189 Å². The van der Waals surface area contributed by atoms with E-state index < -0.39 is 65.8 Å². The average Bonchev–Trinajstić information content (AvgIpc) is 1.57. The molecule has 0 radical (unpaired) electrons. The number of hydrogen-bond acceptors (Lipinski definition) is 4. The quantitative estimate of drug-likeness (QED) is 0.101. The second-order valence-electron chi connectivity index (χ2n) is 25.4. The smallest absolute Gasteiger partial charge is 0.268 e. The Morgan fingerprint density at radius 3 is 1.43 bits per heavy atom. The number of fused-ring (bicyclic) bond motifs is 10. The molecule has 6 aromatic heterocycles. The number of nitrogens with zero attached hydrogens (tertiary/aromatic N) is 9. The molecule has 0 amide bonds. The van der Waals surface area contributed by atoms with Crippen molar-refractivity contribution in [2.24, 2.45) is 0 Å². The molecule has 17 rings (SSSR count). The van der Waals surface area contributed by atoms with Crippen molar-refractivity contribution in [2.75, 3.05) is 4.90 Å². The Labute approximate surface area is 574 Å². The fourth-order valence-electron chi connectivity index (χ4n) is 13.3. The zero-order chi connectivity index (χ0) is 71.4. The van der Waals surface area contributed by atoms with E-state index >= 15 is 0 Å². The van der Waals surface area contributed by atoms with E-state index in [1.54, 1.807) is 22.8 Å². The van der Waals surface area contributed by atoms with Crippen LogP contribution in [-0.2, 0) is 31.9 Å². The van der Waals surface area contributed by atoms with Crippen LogP contribution in [0, 0.1) is 18.5 Å². The van der Waals surface area contributed by atoms with Gasteiger partial charge < -0.3 is 14.0 Å². The topological polar surface area (TPSA) is 65.5 Å². The molecule has 6 heterocycles. The van der Waals surface area contributed by atoms with E-state index in [4.69, 9.17) is 23.2 Å². The first kappa shape index (κ1) is 47.9. The summed E-state index contributed by atoms with van der Waals surface area (Å²) in [6.07, 6.45) is 5.51. The molecule has 0 spiro atoms. The third-order valence-corrected chi connectivity index (χ3v) is 17.7. The van der Waals surface area contributed by atoms with Gasteiger partial charge in [0.1, 0.15) is 17.5 Å². The van der Waals surface area contributed by atoms with E-state index in [9.17, 15) is 5.48 Å². The predicted octanol–water partition coefficient (Wildman–Crippen LogP) is 20.2. The van der Waals surface area contributed by atoms with Gasteiger partial charge in [-0.15, -0.1) is 23.6 Å². The number of aromatic nitrogens is 8. The summed E-state index contributed by atoms with van der Waals surface area (Å²) in [6.45, 7) is 13.0. The van der Waals surface area contributed by atoms with Gasteiger partial charge in [-0.05, 0) is 92.2 Å². The second kappa shape index (κ2) is 22.7.